The van der Waals surface area contributed by atoms with E-state index in [4.69, 9.17) is 0 Å². The molecule has 2 heterocycles. The molecule has 4 heteroatoms. The quantitative estimate of drug-likeness (QED) is 0.607. The van der Waals surface area contributed by atoms with Gasteiger partial charge in [0, 0.05) is 6.07 Å². The smallest absolute Gasteiger partial charge is 0.124 e. The Bertz CT molecular complexity index is 221. The molecule has 0 amide bonds. The van der Waals surface area contributed by atoms with Gasteiger partial charge < -0.3 is 9.84 Å². The normalized spacial score (nSPS) is 23.0. The number of rotatable bonds is 1. The molecule has 0 saturated heterocycles. The predicted molar refractivity (Wildman–Crippen MR) is 35.7 cm³/mol. The van der Waals surface area contributed by atoms with Crippen molar-refractivity contribution in [2.24, 2.45) is 4.99 Å². The Labute approximate surface area is 57.9 Å². The Balaban J connectivity index is 2.14. The molecule has 2 rings (SSSR count). The first-order chi connectivity index (χ1) is 4.97. The maximum Gasteiger partial charge on any atom is 0.124 e. The van der Waals surface area contributed by atoms with E-state index in [2.05, 4.69) is 20.0 Å². The summed E-state index contributed by atoms with van der Waals surface area (Å²) in [4.78, 5) is 4.00. The van der Waals surface area contributed by atoms with Crippen molar-refractivity contribution in [2.75, 3.05) is 6.54 Å². The highest BCUT2D eigenvalue weighted by molar-refractivity contribution is 5.57. The van der Waals surface area contributed by atoms with E-state index in [1.54, 1.807) is 12.6 Å². The molecule has 0 aliphatic carbocycles. The van der Waals surface area contributed by atoms with E-state index < -0.39 is 0 Å². The monoisotopic (exact) mass is 137 g/mol. The largest absolute Gasteiger partial charge is 0.366 e. The Morgan fingerprint density at radius 3 is 3.30 bits per heavy atom. The van der Waals surface area contributed by atoms with Crippen LogP contribution in [0.4, 0.5) is 0 Å². The molecule has 1 N–H and O–H groups in total. The Morgan fingerprint density at radius 2 is 2.70 bits per heavy atom. The Kier molecular flexibility index (Phi) is 1.16. The second-order valence-corrected chi connectivity index (χ2v) is 2.14. The lowest BCUT2D eigenvalue weighted by Gasteiger charge is -2.02. The molecule has 52 valence electrons. The predicted octanol–water partition coefficient (Wildman–Crippen LogP) is 0.347. The molecule has 4 nitrogen and oxygen atoms in total. The fourth-order valence-electron chi connectivity index (χ4n) is 0.934. The highest BCUT2D eigenvalue weighted by Gasteiger charge is 2.14. The van der Waals surface area contributed by atoms with Crippen LogP contribution in [-0.4, -0.2) is 18.0 Å². The van der Waals surface area contributed by atoms with E-state index in [0.717, 1.165) is 12.2 Å². The van der Waals surface area contributed by atoms with Crippen molar-refractivity contribution >= 4 is 6.34 Å². The van der Waals surface area contributed by atoms with E-state index in [-0.39, 0.29) is 6.04 Å². The molecule has 1 aliphatic rings. The number of nitrogens with zero attached hydrogens (tertiary/aromatic N) is 2. The van der Waals surface area contributed by atoms with Crippen molar-refractivity contribution in [1.29, 1.82) is 0 Å². The van der Waals surface area contributed by atoms with E-state index in [0.29, 0.717) is 0 Å². The van der Waals surface area contributed by atoms with Crippen LogP contribution in [0.25, 0.3) is 0 Å². The molecule has 0 saturated carbocycles. The number of hydrogen-bond acceptors (Lipinski definition) is 4. The molecule has 1 atom stereocenters. The zero-order valence-corrected chi connectivity index (χ0v) is 5.32. The van der Waals surface area contributed by atoms with Gasteiger partial charge in [0.05, 0.1) is 18.9 Å². The van der Waals surface area contributed by atoms with Gasteiger partial charge >= 0.3 is 0 Å². The second kappa shape index (κ2) is 2.13. The molecule has 0 spiro atoms. The van der Waals surface area contributed by atoms with Crippen LogP contribution in [0, 0.1) is 0 Å². The van der Waals surface area contributed by atoms with Gasteiger partial charge in [0.15, 0.2) is 0 Å². The molecule has 10 heavy (non-hydrogen) atoms. The van der Waals surface area contributed by atoms with E-state index in [1.807, 2.05) is 6.07 Å². The third-order valence-electron chi connectivity index (χ3n) is 1.47. The van der Waals surface area contributed by atoms with Crippen LogP contribution >= 0.6 is 0 Å². The first kappa shape index (κ1) is 5.46. The summed E-state index contributed by atoms with van der Waals surface area (Å²) in [7, 11) is 0. The van der Waals surface area contributed by atoms with E-state index in [1.165, 1.54) is 0 Å². The van der Waals surface area contributed by atoms with Crippen molar-refractivity contribution in [3.05, 3.63) is 18.0 Å². The zero-order valence-electron chi connectivity index (χ0n) is 5.32. The minimum atomic E-state index is 0.221. The van der Waals surface area contributed by atoms with Gasteiger partial charge in [-0.25, -0.2) is 0 Å². The SMILES string of the molecule is C1=NCC(c2ccon2)N1. The van der Waals surface area contributed by atoms with Gasteiger partial charge in [0.25, 0.3) is 0 Å². The van der Waals surface area contributed by atoms with Gasteiger partial charge in [-0.15, -0.1) is 0 Å². The van der Waals surface area contributed by atoms with E-state index >= 15 is 0 Å². The number of aromatic nitrogens is 1. The summed E-state index contributed by atoms with van der Waals surface area (Å²) in [5, 5.41) is 6.83. The molecule has 1 aliphatic heterocycles. The molecule has 0 radical (unpaired) electrons. The minimum absolute atomic E-state index is 0.221. The van der Waals surface area contributed by atoms with Gasteiger partial charge in [-0.3, -0.25) is 4.99 Å². The van der Waals surface area contributed by atoms with Crippen LogP contribution < -0.4 is 5.32 Å². The van der Waals surface area contributed by atoms with Crippen LogP contribution in [0.2, 0.25) is 0 Å². The average Bonchev–Trinajstić information content (AvgIpc) is 2.59. The van der Waals surface area contributed by atoms with Gasteiger partial charge in [-0.2, -0.15) is 0 Å². The average molecular weight is 137 g/mol. The van der Waals surface area contributed by atoms with Gasteiger partial charge in [0.2, 0.25) is 0 Å². The topological polar surface area (TPSA) is 50.4 Å². The highest BCUT2D eigenvalue weighted by Crippen LogP contribution is 2.11. The van der Waals surface area contributed by atoms with Crippen LogP contribution in [0.5, 0.6) is 0 Å². The lowest BCUT2D eigenvalue weighted by atomic mass is 10.2. The van der Waals surface area contributed by atoms with Crippen molar-refractivity contribution < 1.29 is 4.52 Å². The summed E-state index contributed by atoms with van der Waals surface area (Å²) in [5.74, 6) is 0. The summed E-state index contributed by atoms with van der Waals surface area (Å²) < 4.78 is 4.68. The first-order valence-corrected chi connectivity index (χ1v) is 3.11. The van der Waals surface area contributed by atoms with Gasteiger partial charge in [-0.1, -0.05) is 5.16 Å². The minimum Gasteiger partial charge on any atom is -0.366 e. The maximum absolute atomic E-state index is 4.68. The summed E-state index contributed by atoms with van der Waals surface area (Å²) in [5.41, 5.74) is 0.914. The van der Waals surface area contributed by atoms with Crippen molar-refractivity contribution in [1.82, 2.24) is 10.5 Å². The molecule has 1 aromatic heterocycles. The molecular weight excluding hydrogens is 130 g/mol. The zero-order chi connectivity index (χ0) is 6.81. The Hall–Kier alpha value is -1.32. The maximum atomic E-state index is 4.68. The second-order valence-electron chi connectivity index (χ2n) is 2.14. The number of hydrogen-bond donors (Lipinski definition) is 1. The molecule has 1 aromatic rings. The molecule has 0 aromatic carbocycles. The van der Waals surface area contributed by atoms with Gasteiger partial charge in [-0.05, 0) is 0 Å². The summed E-state index contributed by atoms with van der Waals surface area (Å²) in [6.07, 6.45) is 3.26. The lowest BCUT2D eigenvalue weighted by molar-refractivity contribution is 0.404. The van der Waals surface area contributed by atoms with Crippen LogP contribution in [0.15, 0.2) is 21.8 Å². The summed E-state index contributed by atoms with van der Waals surface area (Å²) >= 11 is 0. The first-order valence-electron chi connectivity index (χ1n) is 3.11. The summed E-state index contributed by atoms with van der Waals surface area (Å²) in [6, 6.07) is 2.06. The number of aliphatic imine (C=N–C) groups is 1. The third-order valence-corrected chi connectivity index (χ3v) is 1.47. The van der Waals surface area contributed by atoms with Crippen LogP contribution in [0.3, 0.4) is 0 Å². The molecular formula is C6H7N3O. The molecule has 0 bridgehead atoms. The van der Waals surface area contributed by atoms with E-state index in [9.17, 15) is 0 Å². The molecule has 1 unspecified atom stereocenters. The number of nitrogens with one attached hydrogen (secondary N) is 1. The fourth-order valence-corrected chi connectivity index (χ4v) is 0.934. The fraction of sp³-hybridized carbons (Fsp3) is 0.333. The highest BCUT2D eigenvalue weighted by atomic mass is 16.5. The summed E-state index contributed by atoms with van der Waals surface area (Å²) in [6.45, 7) is 0.756. The van der Waals surface area contributed by atoms with Crippen molar-refractivity contribution in [3.8, 4) is 0 Å². The molecule has 0 fully saturated rings. The third kappa shape index (κ3) is 0.775. The van der Waals surface area contributed by atoms with Crippen molar-refractivity contribution in [2.45, 2.75) is 6.04 Å². The van der Waals surface area contributed by atoms with Crippen molar-refractivity contribution in [3.63, 3.8) is 0 Å². The van der Waals surface area contributed by atoms with Gasteiger partial charge in [0.1, 0.15) is 12.0 Å². The Morgan fingerprint density at radius 1 is 1.70 bits per heavy atom. The standard InChI is InChI=1S/C6H7N3O/c1-2-10-9-5(1)6-3-7-4-8-6/h1-2,4,6H,3H2,(H,7,8). The van der Waals surface area contributed by atoms with Crippen LogP contribution in [-0.2, 0) is 0 Å². The van der Waals surface area contributed by atoms with Crippen LogP contribution in [0.1, 0.15) is 11.7 Å². The lowest BCUT2D eigenvalue weighted by Crippen LogP contribution is -2.15.